The lowest BCUT2D eigenvalue weighted by Crippen LogP contribution is -2.10. The van der Waals surface area contributed by atoms with Crippen molar-refractivity contribution >= 4 is 17.4 Å². The van der Waals surface area contributed by atoms with Crippen LogP contribution in [-0.4, -0.2) is 11.7 Å². The number of benzene rings is 1. The number of amides is 1. The topological polar surface area (TPSA) is 46.2 Å². The summed E-state index contributed by atoms with van der Waals surface area (Å²) in [4.78, 5) is 23.0. The maximum absolute atomic E-state index is 12.7. The Bertz CT molecular complexity index is 522. The van der Waals surface area contributed by atoms with E-state index in [1.165, 1.54) is 30.3 Å². The second kappa shape index (κ2) is 6.46. The quantitative estimate of drug-likeness (QED) is 0.857. The number of carbonyl (C=O) groups excluding carboxylic acids is 2. The molecule has 1 aliphatic carbocycles. The van der Waals surface area contributed by atoms with Crippen LogP contribution in [0.2, 0.25) is 0 Å². The molecule has 1 aliphatic rings. The summed E-state index contributed by atoms with van der Waals surface area (Å²) in [5.74, 6) is 0.287. The minimum Gasteiger partial charge on any atom is -0.323 e. The number of carbonyl (C=O) groups is 2. The third-order valence-electron chi connectivity index (χ3n) is 3.69. The molecule has 0 aliphatic heterocycles. The smallest absolute Gasteiger partial charge is 0.248 e. The van der Waals surface area contributed by atoms with Gasteiger partial charge in [-0.25, -0.2) is 4.39 Å². The highest BCUT2D eigenvalue weighted by Gasteiger charge is 2.25. The van der Waals surface area contributed by atoms with Gasteiger partial charge in [0.2, 0.25) is 5.91 Å². The van der Waals surface area contributed by atoms with Gasteiger partial charge in [-0.1, -0.05) is 13.0 Å². The molecule has 1 N–H and O–H groups in total. The molecule has 1 saturated carbocycles. The lowest BCUT2D eigenvalue weighted by molar-refractivity contribution is -0.117. The number of allylic oxidation sites excluding steroid dienone is 1. The molecular formula is C16H18FNO2. The molecule has 1 aromatic carbocycles. The summed E-state index contributed by atoms with van der Waals surface area (Å²) in [5, 5.41) is 2.66. The summed E-state index contributed by atoms with van der Waals surface area (Å²) in [6, 6.07) is 5.62. The standard InChI is InChI=1S/C16H18FNO2/c1-11(12-3-8-15(19)10-12)2-9-16(20)18-14-6-4-13(17)5-7-14/h2,4-7,9,11-12H,3,8,10H2,1H3,(H,18,20)/b9-2+/t11-,12+/m1/s1. The Balaban J connectivity index is 1.85. The average molecular weight is 275 g/mol. The van der Waals surface area contributed by atoms with Crippen molar-refractivity contribution in [1.29, 1.82) is 0 Å². The monoisotopic (exact) mass is 275 g/mol. The maximum atomic E-state index is 12.7. The van der Waals surface area contributed by atoms with Gasteiger partial charge in [0.25, 0.3) is 0 Å². The molecule has 0 unspecified atom stereocenters. The van der Waals surface area contributed by atoms with Gasteiger partial charge in [0.1, 0.15) is 11.6 Å². The van der Waals surface area contributed by atoms with Crippen molar-refractivity contribution in [2.45, 2.75) is 26.2 Å². The van der Waals surface area contributed by atoms with Crippen molar-refractivity contribution < 1.29 is 14.0 Å². The van der Waals surface area contributed by atoms with E-state index in [0.717, 1.165) is 6.42 Å². The van der Waals surface area contributed by atoms with Crippen molar-refractivity contribution in [2.24, 2.45) is 11.8 Å². The Morgan fingerprint density at radius 3 is 2.70 bits per heavy atom. The highest BCUT2D eigenvalue weighted by Crippen LogP contribution is 2.29. The van der Waals surface area contributed by atoms with E-state index in [2.05, 4.69) is 5.32 Å². The van der Waals surface area contributed by atoms with Gasteiger partial charge < -0.3 is 5.32 Å². The lowest BCUT2D eigenvalue weighted by Gasteiger charge is -2.13. The summed E-state index contributed by atoms with van der Waals surface area (Å²) in [7, 11) is 0. The molecule has 2 atom stereocenters. The van der Waals surface area contributed by atoms with Crippen LogP contribution in [0.1, 0.15) is 26.2 Å². The second-order valence-electron chi connectivity index (χ2n) is 5.26. The molecule has 1 fully saturated rings. The van der Waals surface area contributed by atoms with Crippen LogP contribution in [0.25, 0.3) is 0 Å². The van der Waals surface area contributed by atoms with Gasteiger partial charge in [0, 0.05) is 18.5 Å². The molecule has 3 nitrogen and oxygen atoms in total. The highest BCUT2D eigenvalue weighted by molar-refractivity contribution is 5.99. The van der Waals surface area contributed by atoms with E-state index in [4.69, 9.17) is 0 Å². The Kier molecular flexibility index (Phi) is 4.66. The summed E-state index contributed by atoms with van der Waals surface area (Å²) >= 11 is 0. The third kappa shape index (κ3) is 4.02. The summed E-state index contributed by atoms with van der Waals surface area (Å²) in [6.07, 6.45) is 5.50. The summed E-state index contributed by atoms with van der Waals surface area (Å²) < 4.78 is 12.7. The predicted octanol–water partition coefficient (Wildman–Crippen LogP) is 3.33. The molecule has 4 heteroatoms. The van der Waals surface area contributed by atoms with Crippen molar-refractivity contribution in [1.82, 2.24) is 0 Å². The molecule has 106 valence electrons. The highest BCUT2D eigenvalue weighted by atomic mass is 19.1. The molecule has 0 radical (unpaired) electrons. The lowest BCUT2D eigenvalue weighted by atomic mass is 9.92. The molecule has 0 spiro atoms. The fourth-order valence-corrected chi connectivity index (χ4v) is 2.41. The van der Waals surface area contributed by atoms with Crippen molar-refractivity contribution in [3.63, 3.8) is 0 Å². The van der Waals surface area contributed by atoms with Gasteiger partial charge in [-0.3, -0.25) is 9.59 Å². The first-order valence-electron chi connectivity index (χ1n) is 6.81. The Labute approximate surface area is 117 Å². The minimum absolute atomic E-state index is 0.209. The number of hydrogen-bond acceptors (Lipinski definition) is 2. The zero-order chi connectivity index (χ0) is 14.5. The first-order chi connectivity index (χ1) is 9.54. The molecular weight excluding hydrogens is 257 g/mol. The third-order valence-corrected chi connectivity index (χ3v) is 3.69. The van der Waals surface area contributed by atoms with Crippen LogP contribution in [0.15, 0.2) is 36.4 Å². The van der Waals surface area contributed by atoms with Gasteiger partial charge >= 0.3 is 0 Å². The number of halogens is 1. The van der Waals surface area contributed by atoms with Crippen LogP contribution in [-0.2, 0) is 9.59 Å². The number of ketones is 1. The first-order valence-corrected chi connectivity index (χ1v) is 6.81. The van der Waals surface area contributed by atoms with Gasteiger partial charge in [0.15, 0.2) is 0 Å². The van der Waals surface area contributed by atoms with E-state index in [0.29, 0.717) is 30.2 Å². The van der Waals surface area contributed by atoms with Crippen LogP contribution in [0, 0.1) is 17.7 Å². The van der Waals surface area contributed by atoms with Crippen LogP contribution in [0.3, 0.4) is 0 Å². The van der Waals surface area contributed by atoms with Crippen LogP contribution >= 0.6 is 0 Å². The summed E-state index contributed by atoms with van der Waals surface area (Å²) in [5.41, 5.74) is 0.560. The number of hydrogen-bond donors (Lipinski definition) is 1. The molecule has 0 saturated heterocycles. The fraction of sp³-hybridized carbons (Fsp3) is 0.375. The predicted molar refractivity (Wildman–Crippen MR) is 75.7 cm³/mol. The Morgan fingerprint density at radius 2 is 2.10 bits per heavy atom. The van der Waals surface area contributed by atoms with Crippen LogP contribution in [0.4, 0.5) is 10.1 Å². The molecule has 1 amide bonds. The second-order valence-corrected chi connectivity index (χ2v) is 5.26. The number of anilines is 1. The number of rotatable bonds is 4. The SMILES string of the molecule is C[C@H](/C=C/C(=O)Nc1ccc(F)cc1)[C@H]1CCC(=O)C1. The normalized spacial score (nSPS) is 20.3. The number of nitrogens with one attached hydrogen (secondary N) is 1. The molecule has 2 rings (SSSR count). The van der Waals surface area contributed by atoms with Gasteiger partial charge in [-0.05, 0) is 48.6 Å². The first kappa shape index (κ1) is 14.4. The van der Waals surface area contributed by atoms with E-state index < -0.39 is 0 Å². The van der Waals surface area contributed by atoms with E-state index in [1.807, 2.05) is 13.0 Å². The minimum atomic E-state index is -0.335. The molecule has 0 bridgehead atoms. The van der Waals surface area contributed by atoms with Crippen LogP contribution < -0.4 is 5.32 Å². The molecule has 0 aromatic heterocycles. The Morgan fingerprint density at radius 1 is 1.40 bits per heavy atom. The van der Waals surface area contributed by atoms with Crippen molar-refractivity contribution in [3.8, 4) is 0 Å². The average Bonchev–Trinajstić information content (AvgIpc) is 2.85. The van der Waals surface area contributed by atoms with Gasteiger partial charge in [0.05, 0.1) is 0 Å². The Hall–Kier alpha value is -1.97. The van der Waals surface area contributed by atoms with Crippen molar-refractivity contribution in [3.05, 3.63) is 42.2 Å². The molecule has 20 heavy (non-hydrogen) atoms. The molecule has 1 aromatic rings. The van der Waals surface area contributed by atoms with E-state index in [9.17, 15) is 14.0 Å². The molecule has 0 heterocycles. The summed E-state index contributed by atoms with van der Waals surface area (Å²) in [6.45, 7) is 2.02. The zero-order valence-corrected chi connectivity index (χ0v) is 11.4. The maximum Gasteiger partial charge on any atom is 0.248 e. The number of Topliss-reactive ketones (excluding diaryl/α,β-unsaturated/α-hetero) is 1. The van der Waals surface area contributed by atoms with Crippen LogP contribution in [0.5, 0.6) is 0 Å². The van der Waals surface area contributed by atoms with Gasteiger partial charge in [-0.15, -0.1) is 0 Å². The van der Waals surface area contributed by atoms with Gasteiger partial charge in [-0.2, -0.15) is 0 Å². The van der Waals surface area contributed by atoms with E-state index in [1.54, 1.807) is 0 Å². The van der Waals surface area contributed by atoms with E-state index in [-0.39, 0.29) is 17.6 Å². The zero-order valence-electron chi connectivity index (χ0n) is 11.4. The van der Waals surface area contributed by atoms with Crippen molar-refractivity contribution in [2.75, 3.05) is 5.32 Å². The fourth-order valence-electron chi connectivity index (χ4n) is 2.41. The van der Waals surface area contributed by atoms with E-state index >= 15 is 0 Å². The largest absolute Gasteiger partial charge is 0.323 e.